The Balaban J connectivity index is 1.50. The Kier molecular flexibility index (Phi) is 3.68. The highest BCUT2D eigenvalue weighted by molar-refractivity contribution is 6.31. The summed E-state index contributed by atoms with van der Waals surface area (Å²) in [5, 5.41) is 0.813. The third-order valence-electron chi connectivity index (χ3n) is 6.01. The van der Waals surface area contributed by atoms with E-state index in [9.17, 15) is 4.79 Å². The summed E-state index contributed by atoms with van der Waals surface area (Å²) in [7, 11) is 0. The predicted octanol–water partition coefficient (Wildman–Crippen LogP) is 4.62. The van der Waals surface area contributed by atoms with Gasteiger partial charge in [0.15, 0.2) is 0 Å². The van der Waals surface area contributed by atoms with E-state index in [0.717, 1.165) is 22.9 Å². The molecule has 0 aromatic heterocycles. The van der Waals surface area contributed by atoms with Gasteiger partial charge in [0.2, 0.25) is 5.91 Å². The second-order valence-electron chi connectivity index (χ2n) is 7.41. The summed E-state index contributed by atoms with van der Waals surface area (Å²) in [6, 6.07) is 8.94. The first-order valence-corrected chi connectivity index (χ1v) is 9.11. The molecule has 3 aliphatic rings. The summed E-state index contributed by atoms with van der Waals surface area (Å²) in [4.78, 5) is 15.3. The van der Waals surface area contributed by atoms with Crippen LogP contribution in [0.25, 0.3) is 0 Å². The molecule has 5 atom stereocenters. The number of amides is 1. The summed E-state index contributed by atoms with van der Waals surface area (Å²) in [6.45, 7) is 2.24. The van der Waals surface area contributed by atoms with E-state index >= 15 is 0 Å². The average Bonchev–Trinajstić information content (AvgIpc) is 3.23. The number of nitrogens with zero attached hydrogens (tertiary/aromatic N) is 1. The maximum atomic E-state index is 13.1. The molecule has 118 valence electrons. The van der Waals surface area contributed by atoms with Crippen LogP contribution in [0.4, 0.5) is 0 Å². The van der Waals surface area contributed by atoms with Gasteiger partial charge < -0.3 is 4.90 Å². The van der Waals surface area contributed by atoms with Crippen molar-refractivity contribution in [3.05, 3.63) is 34.9 Å². The lowest BCUT2D eigenvalue weighted by Gasteiger charge is -2.33. The molecule has 0 bridgehead atoms. The molecule has 1 aromatic rings. The third-order valence-corrected chi connectivity index (χ3v) is 6.36. The maximum absolute atomic E-state index is 13.1. The Morgan fingerprint density at radius 1 is 1.18 bits per heavy atom. The minimum atomic E-state index is 0.169. The molecule has 0 spiro atoms. The van der Waals surface area contributed by atoms with Gasteiger partial charge in [-0.3, -0.25) is 4.79 Å². The molecule has 2 aliphatic carbocycles. The van der Waals surface area contributed by atoms with Crippen molar-refractivity contribution in [2.75, 3.05) is 0 Å². The molecule has 3 heteroatoms. The van der Waals surface area contributed by atoms with Gasteiger partial charge in [0.25, 0.3) is 0 Å². The molecule has 1 amide bonds. The van der Waals surface area contributed by atoms with Crippen molar-refractivity contribution in [2.24, 2.45) is 11.8 Å². The van der Waals surface area contributed by atoms with Gasteiger partial charge >= 0.3 is 0 Å². The number of carbonyl (C=O) groups excluding carboxylic acids is 1. The van der Waals surface area contributed by atoms with E-state index < -0.39 is 0 Å². The van der Waals surface area contributed by atoms with Crippen molar-refractivity contribution >= 4 is 17.5 Å². The largest absolute Gasteiger partial charge is 0.336 e. The molecule has 3 fully saturated rings. The summed E-state index contributed by atoms with van der Waals surface area (Å²) in [5.74, 6) is 1.66. The minimum Gasteiger partial charge on any atom is -0.336 e. The summed E-state index contributed by atoms with van der Waals surface area (Å²) >= 11 is 6.30. The van der Waals surface area contributed by atoms with Gasteiger partial charge in [0.1, 0.15) is 0 Å². The van der Waals surface area contributed by atoms with E-state index in [1.165, 1.54) is 32.1 Å². The van der Waals surface area contributed by atoms with E-state index in [4.69, 9.17) is 11.6 Å². The molecule has 2 nitrogen and oxygen atoms in total. The number of likely N-dealkylation sites (tertiary alicyclic amines) is 1. The van der Waals surface area contributed by atoms with Crippen molar-refractivity contribution in [3.63, 3.8) is 0 Å². The molecule has 5 unspecified atom stereocenters. The Labute approximate surface area is 137 Å². The number of benzene rings is 1. The van der Waals surface area contributed by atoms with Crippen molar-refractivity contribution < 1.29 is 4.79 Å². The first-order chi connectivity index (χ1) is 10.7. The first kappa shape index (κ1) is 14.6. The quantitative estimate of drug-likeness (QED) is 0.779. The number of fused-ring (bicyclic) bond motifs is 1. The van der Waals surface area contributed by atoms with Crippen LogP contribution in [0.15, 0.2) is 24.3 Å². The lowest BCUT2D eigenvalue weighted by molar-refractivity contribution is -0.136. The van der Waals surface area contributed by atoms with Crippen LogP contribution in [0.2, 0.25) is 5.02 Å². The fraction of sp³-hybridized carbons (Fsp3) is 0.632. The highest BCUT2D eigenvalue weighted by Gasteiger charge is 2.51. The number of hydrogen-bond acceptors (Lipinski definition) is 1. The molecule has 4 rings (SSSR count). The van der Waals surface area contributed by atoms with E-state index in [1.54, 1.807) is 0 Å². The lowest BCUT2D eigenvalue weighted by atomic mass is 9.85. The van der Waals surface area contributed by atoms with E-state index in [0.29, 0.717) is 23.9 Å². The number of halogens is 1. The second-order valence-corrected chi connectivity index (χ2v) is 7.82. The highest BCUT2D eigenvalue weighted by Crippen LogP contribution is 2.52. The summed E-state index contributed by atoms with van der Waals surface area (Å²) in [5.41, 5.74) is 1.16. The molecule has 1 heterocycles. The second kappa shape index (κ2) is 5.56. The van der Waals surface area contributed by atoms with Crippen LogP contribution in [0.1, 0.15) is 56.9 Å². The fourth-order valence-corrected chi connectivity index (χ4v) is 5.14. The zero-order chi connectivity index (χ0) is 15.3. The smallest absolute Gasteiger partial charge is 0.226 e. The summed E-state index contributed by atoms with van der Waals surface area (Å²) < 4.78 is 0. The fourth-order valence-electron chi connectivity index (χ4n) is 4.87. The SMILES string of the molecule is CC1CC2CCCCC2N1C(=O)C1CC1c1ccccc1Cl. The van der Waals surface area contributed by atoms with Crippen LogP contribution in [-0.4, -0.2) is 22.9 Å². The zero-order valence-corrected chi connectivity index (χ0v) is 13.9. The lowest BCUT2D eigenvalue weighted by Crippen LogP contribution is -2.43. The number of hydrogen-bond donors (Lipinski definition) is 0. The summed E-state index contributed by atoms with van der Waals surface area (Å²) in [6.07, 6.45) is 7.35. The number of carbonyl (C=O) groups is 1. The van der Waals surface area contributed by atoms with Crippen LogP contribution < -0.4 is 0 Å². The van der Waals surface area contributed by atoms with E-state index in [1.807, 2.05) is 18.2 Å². The Bertz CT molecular complexity index is 587. The maximum Gasteiger partial charge on any atom is 0.226 e. The Morgan fingerprint density at radius 2 is 1.95 bits per heavy atom. The Hall–Kier alpha value is -1.02. The molecule has 0 radical (unpaired) electrons. The minimum absolute atomic E-state index is 0.169. The van der Waals surface area contributed by atoms with Crippen molar-refractivity contribution in [1.82, 2.24) is 4.90 Å². The topological polar surface area (TPSA) is 20.3 Å². The predicted molar refractivity (Wildman–Crippen MR) is 89.0 cm³/mol. The van der Waals surface area contributed by atoms with Gasteiger partial charge in [0, 0.05) is 23.0 Å². The van der Waals surface area contributed by atoms with Gasteiger partial charge in [-0.1, -0.05) is 42.6 Å². The zero-order valence-electron chi connectivity index (χ0n) is 13.2. The van der Waals surface area contributed by atoms with Crippen LogP contribution in [0.3, 0.4) is 0 Å². The highest BCUT2D eigenvalue weighted by atomic mass is 35.5. The normalized spacial score (nSPS) is 37.0. The van der Waals surface area contributed by atoms with Gasteiger partial charge in [0.05, 0.1) is 0 Å². The molecule has 2 saturated carbocycles. The van der Waals surface area contributed by atoms with Crippen molar-refractivity contribution in [1.29, 1.82) is 0 Å². The van der Waals surface area contributed by atoms with Gasteiger partial charge in [-0.05, 0) is 56.1 Å². The van der Waals surface area contributed by atoms with Crippen molar-refractivity contribution in [3.8, 4) is 0 Å². The standard InChI is InChI=1S/C19H24ClNO/c1-12-10-13-6-2-5-9-18(13)21(12)19(22)16-11-15(16)14-7-3-4-8-17(14)20/h3-4,7-8,12-13,15-16,18H,2,5-6,9-11H2,1H3. The third kappa shape index (κ3) is 2.36. The molecular weight excluding hydrogens is 294 g/mol. The van der Waals surface area contributed by atoms with Crippen molar-refractivity contribution in [2.45, 2.75) is 63.5 Å². The molecule has 1 saturated heterocycles. The monoisotopic (exact) mass is 317 g/mol. The van der Waals surface area contributed by atoms with Gasteiger partial charge in [-0.2, -0.15) is 0 Å². The first-order valence-electron chi connectivity index (χ1n) is 8.73. The number of rotatable bonds is 2. The average molecular weight is 318 g/mol. The van der Waals surface area contributed by atoms with E-state index in [-0.39, 0.29) is 5.92 Å². The van der Waals surface area contributed by atoms with Gasteiger partial charge in [-0.25, -0.2) is 0 Å². The van der Waals surface area contributed by atoms with Crippen LogP contribution in [0.5, 0.6) is 0 Å². The van der Waals surface area contributed by atoms with Crippen LogP contribution >= 0.6 is 11.6 Å². The molecule has 1 aromatic carbocycles. The van der Waals surface area contributed by atoms with Crippen LogP contribution in [0, 0.1) is 11.8 Å². The molecule has 1 aliphatic heterocycles. The van der Waals surface area contributed by atoms with Gasteiger partial charge in [-0.15, -0.1) is 0 Å². The Morgan fingerprint density at radius 3 is 2.77 bits per heavy atom. The van der Waals surface area contributed by atoms with Crippen LogP contribution in [-0.2, 0) is 4.79 Å². The van der Waals surface area contributed by atoms with E-state index in [2.05, 4.69) is 17.9 Å². The molecule has 0 N–H and O–H groups in total. The molecule has 22 heavy (non-hydrogen) atoms. The molecular formula is C19H24ClNO.